The number of hydrogen-bond donors (Lipinski definition) is 1. The Kier molecular flexibility index (Phi) is 13.0. The Morgan fingerprint density at radius 2 is 0.824 bits per heavy atom. The Bertz CT molecular complexity index is 835. The normalized spacial score (nSPS) is 15.1. The summed E-state index contributed by atoms with van der Waals surface area (Å²) in [4.78, 5) is 10.7. The number of rotatable bonds is 14. The smallest absolute Gasteiger partial charge is 0.303 e. The van der Waals surface area contributed by atoms with Crippen LogP contribution in [-0.4, -0.2) is 89.5 Å². The van der Waals surface area contributed by atoms with Crippen LogP contribution in [0.5, 0.6) is 0 Å². The summed E-state index contributed by atoms with van der Waals surface area (Å²) in [6.07, 6.45) is 28.6. The van der Waals surface area contributed by atoms with Gasteiger partial charge in [-0.3, -0.25) is 4.79 Å². The molecule has 0 fully saturated rings. The molecule has 12 heteroatoms. The van der Waals surface area contributed by atoms with Crippen LogP contribution >= 0.6 is 0 Å². The first kappa shape index (κ1) is 32.6. The fourth-order valence-corrected chi connectivity index (χ4v) is 3.01. The van der Waals surface area contributed by atoms with Crippen LogP contribution < -0.4 is 0 Å². The van der Waals surface area contributed by atoms with Crippen LogP contribution in [-0.2, 0) is 4.79 Å². The molecule has 172 valence electrons. The van der Waals surface area contributed by atoms with Crippen molar-refractivity contribution in [1.82, 2.24) is 0 Å². The van der Waals surface area contributed by atoms with Crippen LogP contribution in [0.15, 0.2) is 72.9 Å². The van der Waals surface area contributed by atoms with Crippen LogP contribution in [0.4, 0.5) is 0 Å². The second-order valence-corrected chi connectivity index (χ2v) is 12.6. The maximum absolute atomic E-state index is 10.7. The maximum atomic E-state index is 10.7. The summed E-state index contributed by atoms with van der Waals surface area (Å²) in [6.45, 7) is 2.17. The van der Waals surface area contributed by atoms with Gasteiger partial charge in [0.25, 0.3) is 0 Å². The summed E-state index contributed by atoms with van der Waals surface area (Å²) >= 11 is 0. The monoisotopic (exact) mass is 448 g/mol. The van der Waals surface area contributed by atoms with E-state index in [1.165, 1.54) is 0 Å². The van der Waals surface area contributed by atoms with E-state index in [1.807, 2.05) is 6.08 Å². The molecule has 0 unspecified atom stereocenters. The third-order valence-corrected chi connectivity index (χ3v) is 5.63. The number of carboxylic acids is 1. The van der Waals surface area contributed by atoms with E-state index in [4.69, 9.17) is 5.11 Å². The van der Waals surface area contributed by atoms with Crippen molar-refractivity contribution in [2.24, 2.45) is 0 Å². The van der Waals surface area contributed by atoms with Crippen LogP contribution in [0.2, 0.25) is 26.1 Å². The van der Waals surface area contributed by atoms with Gasteiger partial charge in [-0.05, 0) is 12.8 Å². The molecule has 0 aliphatic heterocycles. The summed E-state index contributed by atoms with van der Waals surface area (Å²) < 4.78 is 0. The minimum absolute atomic E-state index is 0.0190. The first-order chi connectivity index (χ1) is 15.3. The molecule has 0 amide bonds. The summed E-state index contributed by atoms with van der Waals surface area (Å²) in [5.74, 6) is -0.756. The molecule has 0 spiro atoms. The molecule has 0 aromatic rings. The zero-order valence-corrected chi connectivity index (χ0v) is 23.9. The molecular formula is C22H42B10O2. The molecule has 0 aliphatic carbocycles. The Morgan fingerprint density at radius 3 is 1.09 bits per heavy atom. The topological polar surface area (TPSA) is 37.3 Å². The van der Waals surface area contributed by atoms with E-state index in [0.29, 0.717) is 6.42 Å². The Balaban J connectivity index is 5.26. The predicted molar refractivity (Wildman–Crippen MR) is 181 cm³/mol. The van der Waals surface area contributed by atoms with Crippen molar-refractivity contribution in [3.63, 3.8) is 0 Å². The van der Waals surface area contributed by atoms with Crippen molar-refractivity contribution < 1.29 is 9.90 Å². The lowest BCUT2D eigenvalue weighted by molar-refractivity contribution is -0.136. The number of carboxylic acid groups (broad SMARTS) is 1. The molecule has 34 heavy (non-hydrogen) atoms. The van der Waals surface area contributed by atoms with E-state index in [1.54, 1.807) is 0 Å². The van der Waals surface area contributed by atoms with Crippen molar-refractivity contribution in [2.45, 2.75) is 52.3 Å². The predicted octanol–water partition coefficient (Wildman–Crippen LogP) is -3.49. The van der Waals surface area contributed by atoms with Gasteiger partial charge in [-0.1, -0.05) is 106 Å². The Morgan fingerprint density at radius 1 is 0.559 bits per heavy atom. The first-order valence-corrected chi connectivity index (χ1v) is 12.7. The minimum atomic E-state index is -0.756. The van der Waals surface area contributed by atoms with Gasteiger partial charge in [0.15, 0.2) is 0 Å². The van der Waals surface area contributed by atoms with Gasteiger partial charge in [-0.2, -0.15) is 0 Å². The number of hydrogen-bond acceptors (Lipinski definition) is 1. The van der Waals surface area contributed by atoms with Gasteiger partial charge in [0.1, 0.15) is 78.5 Å². The van der Waals surface area contributed by atoms with Crippen LogP contribution in [0, 0.1) is 0 Å². The van der Waals surface area contributed by atoms with Gasteiger partial charge in [-0.15, -0.1) is 0 Å². The van der Waals surface area contributed by atoms with Crippen LogP contribution in [0.25, 0.3) is 0 Å². The van der Waals surface area contributed by atoms with E-state index >= 15 is 0 Å². The van der Waals surface area contributed by atoms with Gasteiger partial charge < -0.3 is 5.11 Å². The van der Waals surface area contributed by atoms with E-state index in [-0.39, 0.29) is 32.5 Å². The molecule has 0 saturated heterocycles. The fourth-order valence-electron chi connectivity index (χ4n) is 3.01. The summed E-state index contributed by atoms with van der Waals surface area (Å²) in [6, 6.07) is 0. The lowest BCUT2D eigenvalue weighted by Gasteiger charge is -2.24. The Labute approximate surface area is 219 Å². The van der Waals surface area contributed by atoms with Crippen molar-refractivity contribution >= 4 is 84.4 Å². The zero-order chi connectivity index (χ0) is 26.7. The average Bonchev–Trinajstić information content (AvgIpc) is 2.71. The van der Waals surface area contributed by atoms with Crippen molar-refractivity contribution in [1.29, 1.82) is 0 Å². The molecule has 0 atom stereocenters. The highest BCUT2D eigenvalue weighted by Gasteiger charge is 2.19. The van der Waals surface area contributed by atoms with E-state index in [9.17, 15) is 4.79 Å². The fraction of sp³-hybridized carbons (Fsp3) is 0.409. The van der Waals surface area contributed by atoms with E-state index in [0.717, 1.165) is 6.42 Å². The molecule has 0 aliphatic rings. The second-order valence-electron chi connectivity index (χ2n) is 12.6. The number of aliphatic carboxylic acids is 1. The third kappa shape index (κ3) is 17.1. The van der Waals surface area contributed by atoms with Gasteiger partial charge in [0.2, 0.25) is 0 Å². The molecule has 0 aromatic heterocycles. The van der Waals surface area contributed by atoms with Crippen molar-refractivity contribution in [2.75, 3.05) is 0 Å². The summed E-state index contributed by atoms with van der Waals surface area (Å²) in [5.41, 5.74) is 0. The third-order valence-electron chi connectivity index (χ3n) is 5.63. The molecule has 0 bridgehead atoms. The molecule has 0 rings (SSSR count). The largest absolute Gasteiger partial charge is 0.481 e. The van der Waals surface area contributed by atoms with Gasteiger partial charge >= 0.3 is 5.97 Å². The molecule has 0 heterocycles. The SMILES string of the molecule is BC(B)(/C=C\CC)/C=C\C(B)(B)/C=C\C(B)(B)/C=C\C(B)(B)/C=C\C(B)(B)/C=C\CCC(=O)O. The van der Waals surface area contributed by atoms with Gasteiger partial charge in [0.05, 0.1) is 0 Å². The lowest BCUT2D eigenvalue weighted by atomic mass is 9.47. The van der Waals surface area contributed by atoms with Gasteiger partial charge in [0, 0.05) is 6.42 Å². The molecule has 1 N–H and O–H groups in total. The number of carbonyl (C=O) groups is 1. The molecule has 0 aromatic carbocycles. The highest BCUT2D eigenvalue weighted by Crippen LogP contribution is 2.32. The van der Waals surface area contributed by atoms with E-state index in [2.05, 4.69) is 152 Å². The molecule has 0 radical (unpaired) electrons. The van der Waals surface area contributed by atoms with Crippen LogP contribution in [0.1, 0.15) is 26.2 Å². The molecule has 0 saturated carbocycles. The quantitative estimate of drug-likeness (QED) is 0.222. The summed E-state index contributed by atoms with van der Waals surface area (Å²) in [5, 5.41) is 8.57. The Hall–Kier alpha value is -1.44. The minimum Gasteiger partial charge on any atom is -0.481 e. The van der Waals surface area contributed by atoms with E-state index < -0.39 is 5.97 Å². The molecule has 2 nitrogen and oxygen atoms in total. The average molecular weight is 447 g/mol. The summed E-state index contributed by atoms with van der Waals surface area (Å²) in [7, 11) is 22.2. The maximum Gasteiger partial charge on any atom is 0.303 e. The lowest BCUT2D eigenvalue weighted by Crippen LogP contribution is -2.14. The van der Waals surface area contributed by atoms with Crippen molar-refractivity contribution in [3.8, 4) is 0 Å². The van der Waals surface area contributed by atoms with Crippen LogP contribution in [0.3, 0.4) is 0 Å². The first-order valence-electron chi connectivity index (χ1n) is 12.7. The number of allylic oxidation sites excluding steroid dienone is 12. The second kappa shape index (κ2) is 13.6. The van der Waals surface area contributed by atoms with Gasteiger partial charge in [-0.25, -0.2) is 0 Å². The highest BCUT2D eigenvalue weighted by molar-refractivity contribution is 6.47. The standard InChI is InChI=1S/C22H42B10O2/c1-2-3-7-18(23,24)9-11-20(27,28)13-15-22(31,32)16-14-21(29,30)12-10-19(25,26)8-5-4-6-17(33)34/h3,5,7-16H,2,4,6,23-32H2,1H3,(H,33,34)/b7-3-,8-5-,11-9-,12-10-,15-13-,16-14-. The zero-order valence-electron chi connectivity index (χ0n) is 23.9. The van der Waals surface area contributed by atoms with Crippen molar-refractivity contribution in [3.05, 3.63) is 72.9 Å². The molecular weight excluding hydrogens is 404 g/mol. The highest BCUT2D eigenvalue weighted by atomic mass is 16.4.